The molecule has 0 radical (unpaired) electrons. The summed E-state index contributed by atoms with van der Waals surface area (Å²) in [5.74, 6) is 0.870. The molecule has 0 spiro atoms. The van der Waals surface area contributed by atoms with Gasteiger partial charge in [0.1, 0.15) is 5.75 Å². The third kappa shape index (κ3) is 4.07. The fourth-order valence-corrected chi connectivity index (χ4v) is 1.42. The number of benzene rings is 1. The van der Waals surface area contributed by atoms with Crippen molar-refractivity contribution in [2.45, 2.75) is 26.7 Å². The first-order valence-electron chi connectivity index (χ1n) is 5.59. The maximum atomic E-state index is 11.2. The molecule has 4 nitrogen and oxygen atoms in total. The van der Waals surface area contributed by atoms with Crippen molar-refractivity contribution in [2.24, 2.45) is 0 Å². The van der Waals surface area contributed by atoms with Gasteiger partial charge in [0.2, 0.25) is 0 Å². The molecule has 0 fully saturated rings. The topological polar surface area (TPSA) is 47.6 Å². The quantitative estimate of drug-likeness (QED) is 0.798. The van der Waals surface area contributed by atoms with Crippen molar-refractivity contribution in [3.63, 3.8) is 0 Å². The zero-order chi connectivity index (χ0) is 12.8. The summed E-state index contributed by atoms with van der Waals surface area (Å²) in [5.41, 5.74) is 4.41. The summed E-state index contributed by atoms with van der Waals surface area (Å²) in [6.07, 6.45) is 0. The normalized spacial score (nSPS) is 10.4. The molecule has 1 rings (SSSR count). The van der Waals surface area contributed by atoms with Crippen LogP contribution in [0.15, 0.2) is 18.2 Å². The van der Waals surface area contributed by atoms with Gasteiger partial charge in [-0.05, 0) is 30.0 Å². The molecule has 0 atom stereocenters. The SMILES string of the molecule is CONC(=O)COc1cc(C(C)C)ccc1C. The van der Waals surface area contributed by atoms with E-state index in [1.54, 1.807) is 0 Å². The van der Waals surface area contributed by atoms with Crippen LogP contribution in [0.3, 0.4) is 0 Å². The Labute approximate surface area is 102 Å². The van der Waals surface area contributed by atoms with Gasteiger partial charge in [-0.2, -0.15) is 0 Å². The molecule has 94 valence electrons. The summed E-state index contributed by atoms with van der Waals surface area (Å²) in [6, 6.07) is 6.04. The smallest absolute Gasteiger partial charge is 0.281 e. The number of amides is 1. The van der Waals surface area contributed by atoms with Crippen LogP contribution in [0.5, 0.6) is 5.75 Å². The van der Waals surface area contributed by atoms with Gasteiger partial charge in [-0.1, -0.05) is 26.0 Å². The molecule has 0 aliphatic carbocycles. The van der Waals surface area contributed by atoms with Crippen molar-refractivity contribution in [1.82, 2.24) is 5.48 Å². The summed E-state index contributed by atoms with van der Waals surface area (Å²) in [6.45, 7) is 6.14. The first-order chi connectivity index (χ1) is 8.04. The van der Waals surface area contributed by atoms with E-state index in [0.717, 1.165) is 11.3 Å². The summed E-state index contributed by atoms with van der Waals surface area (Å²) in [5, 5.41) is 0. The van der Waals surface area contributed by atoms with Crippen LogP contribution in [0.1, 0.15) is 30.9 Å². The number of ether oxygens (including phenoxy) is 1. The highest BCUT2D eigenvalue weighted by atomic mass is 16.6. The molecule has 0 aromatic heterocycles. The molecule has 1 amide bonds. The summed E-state index contributed by atoms with van der Waals surface area (Å²) < 4.78 is 5.45. The lowest BCUT2D eigenvalue weighted by Gasteiger charge is -2.12. The Morgan fingerprint density at radius 3 is 2.71 bits per heavy atom. The predicted molar refractivity (Wildman–Crippen MR) is 65.9 cm³/mol. The highest BCUT2D eigenvalue weighted by Gasteiger charge is 2.07. The molecule has 0 saturated heterocycles. The van der Waals surface area contributed by atoms with Crippen molar-refractivity contribution in [2.75, 3.05) is 13.7 Å². The Balaban J connectivity index is 2.69. The Morgan fingerprint density at radius 1 is 1.41 bits per heavy atom. The van der Waals surface area contributed by atoms with Crippen LogP contribution in [0, 0.1) is 6.92 Å². The summed E-state index contributed by atoms with van der Waals surface area (Å²) in [7, 11) is 1.39. The average molecular weight is 237 g/mol. The van der Waals surface area contributed by atoms with Crippen LogP contribution < -0.4 is 10.2 Å². The van der Waals surface area contributed by atoms with Gasteiger partial charge in [-0.25, -0.2) is 5.48 Å². The number of rotatable bonds is 5. The van der Waals surface area contributed by atoms with Crippen molar-refractivity contribution < 1.29 is 14.4 Å². The minimum Gasteiger partial charge on any atom is -0.483 e. The van der Waals surface area contributed by atoms with E-state index in [1.807, 2.05) is 19.1 Å². The van der Waals surface area contributed by atoms with Gasteiger partial charge < -0.3 is 4.74 Å². The van der Waals surface area contributed by atoms with Gasteiger partial charge in [0.25, 0.3) is 5.91 Å². The van der Waals surface area contributed by atoms with E-state index in [-0.39, 0.29) is 12.5 Å². The maximum absolute atomic E-state index is 11.2. The zero-order valence-corrected chi connectivity index (χ0v) is 10.7. The zero-order valence-electron chi connectivity index (χ0n) is 10.7. The Bertz CT molecular complexity index is 388. The van der Waals surface area contributed by atoms with Crippen molar-refractivity contribution in [3.8, 4) is 5.75 Å². The minimum atomic E-state index is -0.304. The number of aryl methyl sites for hydroxylation is 1. The van der Waals surface area contributed by atoms with Crippen molar-refractivity contribution >= 4 is 5.91 Å². The molecular weight excluding hydrogens is 218 g/mol. The molecule has 0 heterocycles. The Hall–Kier alpha value is -1.55. The van der Waals surface area contributed by atoms with E-state index in [9.17, 15) is 4.79 Å². The minimum absolute atomic E-state index is 0.0454. The molecule has 1 aromatic rings. The molecule has 0 aliphatic heterocycles. The highest BCUT2D eigenvalue weighted by molar-refractivity contribution is 5.76. The lowest BCUT2D eigenvalue weighted by atomic mass is 10.0. The van der Waals surface area contributed by atoms with Gasteiger partial charge in [-0.15, -0.1) is 0 Å². The third-order valence-electron chi connectivity index (χ3n) is 2.45. The third-order valence-corrected chi connectivity index (χ3v) is 2.45. The monoisotopic (exact) mass is 237 g/mol. The number of carbonyl (C=O) groups is 1. The number of carbonyl (C=O) groups excluding carboxylic acids is 1. The number of hydrogen-bond acceptors (Lipinski definition) is 3. The van der Waals surface area contributed by atoms with Crippen molar-refractivity contribution in [1.29, 1.82) is 0 Å². The summed E-state index contributed by atoms with van der Waals surface area (Å²) >= 11 is 0. The summed E-state index contributed by atoms with van der Waals surface area (Å²) in [4.78, 5) is 15.7. The molecule has 17 heavy (non-hydrogen) atoms. The standard InChI is InChI=1S/C13H19NO3/c1-9(2)11-6-5-10(3)12(7-11)17-8-13(15)14-16-4/h5-7,9H,8H2,1-4H3,(H,14,15). The van der Waals surface area contributed by atoms with Gasteiger partial charge >= 0.3 is 0 Å². The molecule has 0 aliphatic rings. The fourth-order valence-electron chi connectivity index (χ4n) is 1.42. The van der Waals surface area contributed by atoms with E-state index < -0.39 is 0 Å². The van der Waals surface area contributed by atoms with Gasteiger partial charge in [-0.3, -0.25) is 9.63 Å². The Kier molecular flexibility index (Phi) is 4.97. The number of hydrogen-bond donors (Lipinski definition) is 1. The second-order valence-electron chi connectivity index (χ2n) is 4.20. The van der Waals surface area contributed by atoms with Crippen LogP contribution in [-0.4, -0.2) is 19.6 Å². The maximum Gasteiger partial charge on any atom is 0.281 e. The number of hydroxylamine groups is 1. The molecule has 4 heteroatoms. The second kappa shape index (κ2) is 6.25. The lowest BCUT2D eigenvalue weighted by molar-refractivity contribution is -0.133. The van der Waals surface area contributed by atoms with Crippen LogP contribution in [0.25, 0.3) is 0 Å². The predicted octanol–water partition coefficient (Wildman–Crippen LogP) is 2.17. The molecule has 0 bridgehead atoms. The molecule has 0 saturated carbocycles. The largest absolute Gasteiger partial charge is 0.483 e. The van der Waals surface area contributed by atoms with Crippen LogP contribution >= 0.6 is 0 Å². The first-order valence-corrected chi connectivity index (χ1v) is 5.59. The number of nitrogens with one attached hydrogen (secondary N) is 1. The van der Waals surface area contributed by atoms with E-state index in [2.05, 4.69) is 30.2 Å². The first kappa shape index (κ1) is 13.5. The van der Waals surface area contributed by atoms with E-state index >= 15 is 0 Å². The van der Waals surface area contributed by atoms with Gasteiger partial charge in [0, 0.05) is 0 Å². The van der Waals surface area contributed by atoms with Crippen LogP contribution in [0.4, 0.5) is 0 Å². The average Bonchev–Trinajstić information content (AvgIpc) is 2.28. The second-order valence-corrected chi connectivity index (χ2v) is 4.20. The molecular formula is C13H19NO3. The lowest BCUT2D eigenvalue weighted by Crippen LogP contribution is -2.27. The van der Waals surface area contributed by atoms with E-state index in [4.69, 9.17) is 4.74 Å². The van der Waals surface area contributed by atoms with Gasteiger partial charge in [0.05, 0.1) is 7.11 Å². The molecule has 1 N–H and O–H groups in total. The highest BCUT2D eigenvalue weighted by Crippen LogP contribution is 2.24. The fraction of sp³-hybridized carbons (Fsp3) is 0.462. The van der Waals surface area contributed by atoms with Crippen molar-refractivity contribution in [3.05, 3.63) is 29.3 Å². The Morgan fingerprint density at radius 2 is 2.12 bits per heavy atom. The molecule has 0 unspecified atom stereocenters. The van der Waals surface area contributed by atoms with Gasteiger partial charge in [0.15, 0.2) is 6.61 Å². The van der Waals surface area contributed by atoms with E-state index in [1.165, 1.54) is 12.7 Å². The van der Waals surface area contributed by atoms with Crippen LogP contribution in [-0.2, 0) is 9.63 Å². The van der Waals surface area contributed by atoms with Crippen LogP contribution in [0.2, 0.25) is 0 Å². The molecule has 1 aromatic carbocycles. The van der Waals surface area contributed by atoms with E-state index in [0.29, 0.717) is 5.92 Å².